The molecule has 0 nitrogen and oxygen atoms in total. The third kappa shape index (κ3) is 1.30. The SMILES string of the molecule is Brc1ccc2ccc3cccc4cc(Br)c1c2c34. The highest BCUT2D eigenvalue weighted by atomic mass is 79.9. The minimum atomic E-state index is 1.14. The summed E-state index contributed by atoms with van der Waals surface area (Å²) in [6.07, 6.45) is 0. The Morgan fingerprint density at radius 2 is 1.22 bits per heavy atom. The molecular weight excluding hydrogens is 352 g/mol. The summed E-state index contributed by atoms with van der Waals surface area (Å²) in [5, 5.41) is 7.84. The third-order valence-electron chi connectivity index (χ3n) is 3.53. The Labute approximate surface area is 121 Å². The third-order valence-corrected chi connectivity index (χ3v) is 4.82. The molecule has 0 heterocycles. The highest BCUT2D eigenvalue weighted by Crippen LogP contribution is 2.41. The molecule has 0 atom stereocenters. The summed E-state index contributed by atoms with van der Waals surface area (Å²) in [6, 6.07) is 17.4. The van der Waals surface area contributed by atoms with Crippen molar-refractivity contribution >= 4 is 64.2 Å². The summed E-state index contributed by atoms with van der Waals surface area (Å²) in [4.78, 5) is 0. The van der Waals surface area contributed by atoms with Crippen LogP contribution in [-0.4, -0.2) is 0 Å². The van der Waals surface area contributed by atoms with Crippen molar-refractivity contribution in [1.29, 1.82) is 0 Å². The van der Waals surface area contributed by atoms with Crippen molar-refractivity contribution < 1.29 is 0 Å². The molecule has 0 bridgehead atoms. The van der Waals surface area contributed by atoms with E-state index in [9.17, 15) is 0 Å². The van der Waals surface area contributed by atoms with E-state index in [-0.39, 0.29) is 0 Å². The lowest BCUT2D eigenvalue weighted by atomic mass is 9.94. The number of hydrogen-bond donors (Lipinski definition) is 0. The highest BCUT2D eigenvalue weighted by Gasteiger charge is 2.12. The smallest absolute Gasteiger partial charge is 0.0271 e. The molecule has 0 unspecified atom stereocenters. The maximum atomic E-state index is 3.70. The first-order valence-electron chi connectivity index (χ1n) is 5.77. The molecule has 0 saturated heterocycles. The van der Waals surface area contributed by atoms with Gasteiger partial charge in [0.15, 0.2) is 0 Å². The standard InChI is InChI=1S/C16H8Br2/c17-12-7-6-10-5-4-9-2-1-3-11-8-13(18)16(12)15(10)14(9)11/h1-8H. The molecule has 0 spiro atoms. The molecule has 4 aromatic carbocycles. The molecule has 0 aliphatic carbocycles. The largest absolute Gasteiger partial charge is 0.0610 e. The quantitative estimate of drug-likeness (QED) is 0.332. The minimum absolute atomic E-state index is 1.14. The van der Waals surface area contributed by atoms with Gasteiger partial charge in [-0.15, -0.1) is 0 Å². The van der Waals surface area contributed by atoms with Gasteiger partial charge in [-0.2, -0.15) is 0 Å². The van der Waals surface area contributed by atoms with Crippen LogP contribution in [0.4, 0.5) is 0 Å². The van der Waals surface area contributed by atoms with E-state index in [4.69, 9.17) is 0 Å². The van der Waals surface area contributed by atoms with Gasteiger partial charge in [0.1, 0.15) is 0 Å². The van der Waals surface area contributed by atoms with Crippen molar-refractivity contribution in [3.05, 3.63) is 57.5 Å². The van der Waals surface area contributed by atoms with Crippen LogP contribution in [-0.2, 0) is 0 Å². The van der Waals surface area contributed by atoms with Crippen LogP contribution in [0, 0.1) is 0 Å². The topological polar surface area (TPSA) is 0 Å². The predicted octanol–water partition coefficient (Wildman–Crippen LogP) is 6.11. The minimum Gasteiger partial charge on any atom is -0.0610 e. The fourth-order valence-corrected chi connectivity index (χ4v) is 4.23. The van der Waals surface area contributed by atoms with Crippen molar-refractivity contribution in [3.8, 4) is 0 Å². The maximum absolute atomic E-state index is 3.70. The van der Waals surface area contributed by atoms with Crippen molar-refractivity contribution in [2.24, 2.45) is 0 Å². The molecule has 4 rings (SSSR count). The molecule has 0 aliphatic rings. The monoisotopic (exact) mass is 358 g/mol. The van der Waals surface area contributed by atoms with E-state index in [0.29, 0.717) is 0 Å². The Morgan fingerprint density at radius 3 is 2.06 bits per heavy atom. The van der Waals surface area contributed by atoms with Gasteiger partial charge in [-0.1, -0.05) is 68.3 Å². The van der Waals surface area contributed by atoms with Gasteiger partial charge >= 0.3 is 0 Å². The molecule has 2 heteroatoms. The van der Waals surface area contributed by atoms with Gasteiger partial charge in [-0.3, -0.25) is 0 Å². The van der Waals surface area contributed by atoms with Crippen LogP contribution in [0.1, 0.15) is 0 Å². The molecule has 86 valence electrons. The lowest BCUT2D eigenvalue weighted by Crippen LogP contribution is -1.85. The normalized spacial score (nSPS) is 11.9. The second-order valence-electron chi connectivity index (χ2n) is 4.52. The first-order valence-corrected chi connectivity index (χ1v) is 7.36. The molecule has 0 amide bonds. The number of rotatable bonds is 0. The Hall–Kier alpha value is -1.12. The van der Waals surface area contributed by atoms with Gasteiger partial charge in [0, 0.05) is 14.3 Å². The van der Waals surface area contributed by atoms with Crippen molar-refractivity contribution in [2.45, 2.75) is 0 Å². The van der Waals surface area contributed by atoms with E-state index in [0.717, 1.165) is 8.95 Å². The fourth-order valence-electron chi connectivity index (χ4n) is 2.76. The molecule has 4 aromatic rings. The summed E-state index contributed by atoms with van der Waals surface area (Å²) >= 11 is 7.36. The van der Waals surface area contributed by atoms with Crippen molar-refractivity contribution in [1.82, 2.24) is 0 Å². The fraction of sp³-hybridized carbons (Fsp3) is 0. The van der Waals surface area contributed by atoms with Crippen LogP contribution in [0.15, 0.2) is 57.5 Å². The van der Waals surface area contributed by atoms with E-state index in [2.05, 4.69) is 80.4 Å². The first-order chi connectivity index (χ1) is 8.75. The summed E-state index contributed by atoms with van der Waals surface area (Å²) in [7, 11) is 0. The average molecular weight is 360 g/mol. The van der Waals surface area contributed by atoms with Gasteiger partial charge in [0.05, 0.1) is 0 Å². The van der Waals surface area contributed by atoms with Gasteiger partial charge < -0.3 is 0 Å². The lowest BCUT2D eigenvalue weighted by molar-refractivity contribution is 1.72. The first kappa shape index (κ1) is 10.8. The molecule has 0 aromatic heterocycles. The second kappa shape index (κ2) is 3.69. The van der Waals surface area contributed by atoms with Crippen LogP contribution in [0.3, 0.4) is 0 Å². The van der Waals surface area contributed by atoms with Crippen LogP contribution in [0.2, 0.25) is 0 Å². The zero-order chi connectivity index (χ0) is 12.3. The van der Waals surface area contributed by atoms with Crippen LogP contribution in [0.5, 0.6) is 0 Å². The van der Waals surface area contributed by atoms with Crippen LogP contribution in [0.25, 0.3) is 32.3 Å². The Morgan fingerprint density at radius 1 is 0.556 bits per heavy atom. The summed E-state index contributed by atoms with van der Waals surface area (Å²) in [5.41, 5.74) is 0. The Balaban J connectivity index is 2.50. The lowest BCUT2D eigenvalue weighted by Gasteiger charge is -2.13. The summed E-state index contributed by atoms with van der Waals surface area (Å²) in [5.74, 6) is 0. The summed E-state index contributed by atoms with van der Waals surface area (Å²) in [6.45, 7) is 0. The highest BCUT2D eigenvalue weighted by molar-refractivity contribution is 9.11. The van der Waals surface area contributed by atoms with Crippen LogP contribution < -0.4 is 0 Å². The van der Waals surface area contributed by atoms with Crippen LogP contribution >= 0.6 is 31.9 Å². The predicted molar refractivity (Wildman–Crippen MR) is 85.5 cm³/mol. The molecule has 0 fully saturated rings. The second-order valence-corrected chi connectivity index (χ2v) is 6.23. The zero-order valence-corrected chi connectivity index (χ0v) is 12.5. The molecule has 18 heavy (non-hydrogen) atoms. The number of halogens is 2. The van der Waals surface area contributed by atoms with Gasteiger partial charge in [-0.25, -0.2) is 0 Å². The van der Waals surface area contributed by atoms with E-state index < -0.39 is 0 Å². The van der Waals surface area contributed by atoms with E-state index in [1.165, 1.54) is 32.3 Å². The average Bonchev–Trinajstić information content (AvgIpc) is 2.38. The summed E-state index contributed by atoms with van der Waals surface area (Å²) < 4.78 is 2.28. The van der Waals surface area contributed by atoms with Crippen molar-refractivity contribution in [3.63, 3.8) is 0 Å². The Bertz CT molecular complexity index is 894. The van der Waals surface area contributed by atoms with Crippen molar-refractivity contribution in [2.75, 3.05) is 0 Å². The van der Waals surface area contributed by atoms with Gasteiger partial charge in [-0.05, 0) is 39.1 Å². The van der Waals surface area contributed by atoms with Gasteiger partial charge in [0.2, 0.25) is 0 Å². The number of benzene rings is 4. The molecule has 0 N–H and O–H groups in total. The van der Waals surface area contributed by atoms with E-state index in [1.807, 2.05) is 0 Å². The van der Waals surface area contributed by atoms with E-state index in [1.54, 1.807) is 0 Å². The number of hydrogen-bond acceptors (Lipinski definition) is 0. The molecular formula is C16H8Br2. The molecule has 0 saturated carbocycles. The molecule has 0 radical (unpaired) electrons. The van der Waals surface area contributed by atoms with E-state index >= 15 is 0 Å². The van der Waals surface area contributed by atoms with Gasteiger partial charge in [0.25, 0.3) is 0 Å². The zero-order valence-electron chi connectivity index (χ0n) is 9.37. The Kier molecular flexibility index (Phi) is 2.21. The maximum Gasteiger partial charge on any atom is 0.0271 e. The molecule has 0 aliphatic heterocycles.